The highest BCUT2D eigenvalue weighted by Crippen LogP contribution is 2.38. The molecule has 1 aliphatic heterocycles. The van der Waals surface area contributed by atoms with Gasteiger partial charge in [0, 0.05) is 0 Å². The van der Waals surface area contributed by atoms with Gasteiger partial charge in [-0.05, 0) is 61.4 Å². The van der Waals surface area contributed by atoms with Gasteiger partial charge in [-0.2, -0.15) is 0 Å². The van der Waals surface area contributed by atoms with Crippen molar-refractivity contribution in [3.8, 4) is 0 Å². The van der Waals surface area contributed by atoms with Gasteiger partial charge < -0.3 is 0 Å². The molecule has 1 saturated heterocycles. The predicted octanol–water partition coefficient (Wildman–Crippen LogP) is 4.34. The Morgan fingerprint density at radius 3 is 2.25 bits per heavy atom. The number of imide groups is 1. The Hall–Kier alpha value is -2.67. The molecule has 2 aliphatic rings. The number of aryl methyl sites for hydroxylation is 3. The van der Waals surface area contributed by atoms with E-state index in [0.717, 1.165) is 36.8 Å². The molecule has 2 amide bonds. The van der Waals surface area contributed by atoms with Gasteiger partial charge in [0.05, 0.1) is 29.0 Å². The third kappa shape index (κ3) is 4.06. The summed E-state index contributed by atoms with van der Waals surface area (Å²) in [4.78, 5) is 27.1. The molecule has 6 nitrogen and oxygen atoms in total. The molecule has 4 rings (SSSR count). The molecule has 1 heterocycles. The number of fused-ring (bicyclic) bond motifs is 1. The monoisotopic (exact) mass is 454 g/mol. The summed E-state index contributed by atoms with van der Waals surface area (Å²) in [7, 11) is -3.84. The number of likely N-dealkylation sites (tertiary alicyclic amines) is 1. The number of rotatable bonds is 6. The summed E-state index contributed by atoms with van der Waals surface area (Å²) in [6.45, 7) is 5.72. The number of carbonyl (C=O) groups excluding carboxylic acids is 2. The molecule has 170 valence electrons. The summed E-state index contributed by atoms with van der Waals surface area (Å²) in [5.41, 5.74) is 3.64. The van der Waals surface area contributed by atoms with Gasteiger partial charge in [0.1, 0.15) is 0 Å². The van der Waals surface area contributed by atoms with Crippen molar-refractivity contribution in [1.82, 2.24) is 4.90 Å². The molecule has 1 N–H and O–H groups in total. The Morgan fingerprint density at radius 2 is 1.62 bits per heavy atom. The van der Waals surface area contributed by atoms with E-state index in [-0.39, 0.29) is 35.1 Å². The molecule has 0 aromatic heterocycles. The van der Waals surface area contributed by atoms with E-state index < -0.39 is 10.0 Å². The third-order valence-corrected chi connectivity index (χ3v) is 8.28. The van der Waals surface area contributed by atoms with Gasteiger partial charge >= 0.3 is 0 Å². The number of carbonyl (C=O) groups is 2. The smallest absolute Gasteiger partial charge is 0.262 e. The zero-order chi connectivity index (χ0) is 23.0. The Morgan fingerprint density at radius 1 is 0.969 bits per heavy atom. The molecule has 1 aliphatic carbocycles. The summed E-state index contributed by atoms with van der Waals surface area (Å²) in [5, 5.41) is 0. The maximum absolute atomic E-state index is 13.3. The molecule has 0 bridgehead atoms. The number of hydrogen-bond acceptors (Lipinski definition) is 4. The van der Waals surface area contributed by atoms with Gasteiger partial charge in [0.15, 0.2) is 0 Å². The highest BCUT2D eigenvalue weighted by Gasteiger charge is 2.47. The number of hydrogen-bond donors (Lipinski definition) is 1. The highest BCUT2D eigenvalue weighted by atomic mass is 32.2. The fourth-order valence-electron chi connectivity index (χ4n) is 4.96. The van der Waals surface area contributed by atoms with Crippen molar-refractivity contribution in [1.29, 1.82) is 0 Å². The van der Waals surface area contributed by atoms with Crippen LogP contribution in [-0.2, 0) is 32.6 Å². The van der Waals surface area contributed by atoms with Crippen LogP contribution in [0.1, 0.15) is 54.9 Å². The number of amides is 2. The summed E-state index contributed by atoms with van der Waals surface area (Å²) in [6, 6.07) is 10.8. The summed E-state index contributed by atoms with van der Waals surface area (Å²) in [6.07, 6.45) is 4.19. The number of sulfonamides is 1. The van der Waals surface area contributed by atoms with Crippen molar-refractivity contribution in [3.05, 3.63) is 58.7 Å². The lowest BCUT2D eigenvalue weighted by Gasteiger charge is -2.19. The Kier molecular flexibility index (Phi) is 6.12. The minimum Gasteiger partial charge on any atom is -0.279 e. The first-order valence-electron chi connectivity index (χ1n) is 11.3. The Labute approximate surface area is 190 Å². The maximum atomic E-state index is 13.3. The maximum Gasteiger partial charge on any atom is 0.262 e. The molecule has 0 spiro atoms. The average molecular weight is 455 g/mol. The van der Waals surface area contributed by atoms with Crippen molar-refractivity contribution in [3.63, 3.8) is 0 Å². The fourth-order valence-corrected chi connectivity index (χ4v) is 6.43. The van der Waals surface area contributed by atoms with Crippen LogP contribution in [0, 0.1) is 25.7 Å². The summed E-state index contributed by atoms with van der Waals surface area (Å²) >= 11 is 0. The van der Waals surface area contributed by atoms with Gasteiger partial charge in [-0.1, -0.05) is 50.1 Å². The van der Waals surface area contributed by atoms with Crippen LogP contribution in [0.4, 0.5) is 5.69 Å². The number of anilines is 1. The quantitative estimate of drug-likeness (QED) is 0.658. The number of nitrogens with one attached hydrogen (secondary N) is 1. The zero-order valence-electron chi connectivity index (χ0n) is 18.8. The van der Waals surface area contributed by atoms with E-state index in [4.69, 9.17) is 0 Å². The molecule has 7 heteroatoms. The van der Waals surface area contributed by atoms with E-state index in [0.29, 0.717) is 23.2 Å². The van der Waals surface area contributed by atoms with Crippen LogP contribution in [0.5, 0.6) is 0 Å². The SMILES string of the molecule is CCc1cccc(C)c1NS(=O)(=O)c1cc(CN2C(=O)[C@@H]3CCCC[C@H]3C2=O)ccc1C. The minimum atomic E-state index is -3.84. The molecule has 2 aromatic carbocycles. The van der Waals surface area contributed by atoms with Gasteiger partial charge in [-0.3, -0.25) is 19.2 Å². The summed E-state index contributed by atoms with van der Waals surface area (Å²) in [5.74, 6) is -0.647. The van der Waals surface area contributed by atoms with E-state index in [1.807, 2.05) is 32.0 Å². The van der Waals surface area contributed by atoms with Crippen LogP contribution in [0.15, 0.2) is 41.3 Å². The van der Waals surface area contributed by atoms with Crippen molar-refractivity contribution >= 4 is 27.5 Å². The predicted molar refractivity (Wildman–Crippen MR) is 124 cm³/mol. The van der Waals surface area contributed by atoms with Crippen LogP contribution in [-0.4, -0.2) is 25.1 Å². The molecule has 2 aromatic rings. The molecule has 0 unspecified atom stereocenters. The van der Waals surface area contributed by atoms with Crippen LogP contribution in [0.3, 0.4) is 0 Å². The van der Waals surface area contributed by atoms with Crippen LogP contribution >= 0.6 is 0 Å². The largest absolute Gasteiger partial charge is 0.279 e. The zero-order valence-corrected chi connectivity index (χ0v) is 19.7. The number of para-hydroxylation sites is 1. The minimum absolute atomic E-state index is 0.109. The molecular weight excluding hydrogens is 424 g/mol. The molecular formula is C25H30N2O4S. The first-order chi connectivity index (χ1) is 15.2. The molecule has 32 heavy (non-hydrogen) atoms. The lowest BCUT2D eigenvalue weighted by atomic mass is 9.81. The topological polar surface area (TPSA) is 83.6 Å². The first kappa shape index (κ1) is 22.5. The second-order valence-corrected chi connectivity index (χ2v) is 10.6. The Balaban J connectivity index is 1.62. The van der Waals surface area contributed by atoms with Crippen molar-refractivity contribution in [2.24, 2.45) is 11.8 Å². The lowest BCUT2D eigenvalue weighted by Crippen LogP contribution is -2.30. The van der Waals surface area contributed by atoms with Gasteiger partial charge in [-0.25, -0.2) is 8.42 Å². The number of benzene rings is 2. The summed E-state index contributed by atoms with van der Waals surface area (Å²) < 4.78 is 29.4. The van der Waals surface area contributed by atoms with Crippen LogP contribution in [0.2, 0.25) is 0 Å². The molecule has 2 atom stereocenters. The Bertz CT molecular complexity index is 1150. The van der Waals surface area contributed by atoms with E-state index in [9.17, 15) is 18.0 Å². The van der Waals surface area contributed by atoms with Crippen molar-refractivity contribution in [2.45, 2.75) is 64.3 Å². The van der Waals surface area contributed by atoms with Crippen LogP contribution < -0.4 is 4.72 Å². The average Bonchev–Trinajstić information content (AvgIpc) is 3.01. The van der Waals surface area contributed by atoms with Gasteiger partial charge in [-0.15, -0.1) is 0 Å². The second-order valence-electron chi connectivity index (χ2n) is 8.93. The fraction of sp³-hybridized carbons (Fsp3) is 0.440. The molecule has 2 fully saturated rings. The highest BCUT2D eigenvalue weighted by molar-refractivity contribution is 7.92. The standard InChI is InChI=1S/C25H30N2O4S/c1-4-19-9-7-8-17(3)23(19)26-32(30,31)22-14-18(13-12-16(22)2)15-27-24(28)20-10-5-6-11-21(20)25(27)29/h7-9,12-14,20-21,26H,4-6,10-11,15H2,1-3H3/t20-,21-/m1/s1. The first-order valence-corrected chi connectivity index (χ1v) is 12.8. The van der Waals surface area contributed by atoms with Crippen molar-refractivity contribution < 1.29 is 18.0 Å². The van der Waals surface area contributed by atoms with E-state index >= 15 is 0 Å². The van der Waals surface area contributed by atoms with E-state index in [2.05, 4.69) is 4.72 Å². The van der Waals surface area contributed by atoms with E-state index in [1.54, 1.807) is 25.1 Å². The van der Waals surface area contributed by atoms with Crippen LogP contribution in [0.25, 0.3) is 0 Å². The third-order valence-electron chi connectivity index (χ3n) is 6.79. The normalized spacial score (nSPS) is 21.0. The molecule has 0 radical (unpaired) electrons. The van der Waals surface area contributed by atoms with Crippen molar-refractivity contribution in [2.75, 3.05) is 4.72 Å². The van der Waals surface area contributed by atoms with E-state index in [1.165, 1.54) is 4.90 Å². The number of nitrogens with zero attached hydrogens (tertiary/aromatic N) is 1. The molecule has 1 saturated carbocycles. The van der Waals surface area contributed by atoms with Gasteiger partial charge in [0.25, 0.3) is 10.0 Å². The lowest BCUT2D eigenvalue weighted by molar-refractivity contribution is -0.140. The second kappa shape index (κ2) is 8.70. The van der Waals surface area contributed by atoms with Gasteiger partial charge in [0.2, 0.25) is 11.8 Å².